The predicted molar refractivity (Wildman–Crippen MR) is 185 cm³/mol. The number of hydrogen-bond donors (Lipinski definition) is 0. The Morgan fingerprint density at radius 2 is 0.978 bits per heavy atom. The summed E-state index contributed by atoms with van der Waals surface area (Å²) >= 11 is 0. The minimum Gasteiger partial charge on any atom is -0.256 e. The normalized spacial score (nSPS) is 12.8. The summed E-state index contributed by atoms with van der Waals surface area (Å²) in [6, 6.07) is 51.0. The third kappa shape index (κ3) is 4.74. The fourth-order valence-electron chi connectivity index (χ4n) is 6.61. The van der Waals surface area contributed by atoms with Crippen molar-refractivity contribution >= 4 is 0 Å². The van der Waals surface area contributed by atoms with Crippen LogP contribution in [0.3, 0.4) is 0 Å². The van der Waals surface area contributed by atoms with Crippen molar-refractivity contribution < 1.29 is 0 Å². The van der Waals surface area contributed by atoms with Crippen LogP contribution in [0.25, 0.3) is 67.4 Å². The Balaban J connectivity index is 1.18. The Morgan fingerprint density at radius 3 is 1.71 bits per heavy atom. The largest absolute Gasteiger partial charge is 0.256 e. The molecule has 2 aromatic heterocycles. The molecule has 45 heavy (non-hydrogen) atoms. The van der Waals surface area contributed by atoms with Gasteiger partial charge < -0.3 is 0 Å². The van der Waals surface area contributed by atoms with Crippen molar-refractivity contribution in [3.05, 3.63) is 163 Å². The first kappa shape index (κ1) is 26.9. The lowest BCUT2D eigenvalue weighted by molar-refractivity contribution is 0.660. The quantitative estimate of drug-likeness (QED) is 0.204. The SMILES string of the molecule is CC1(C)c2ccccc2-c2ccc(-c3ncccc3-c3ccc(-c4cc(-c5ccccc5)nc(-c5ccccc5)n4)cc3)cc21. The minimum atomic E-state index is -0.0622. The Morgan fingerprint density at radius 1 is 0.422 bits per heavy atom. The zero-order valence-electron chi connectivity index (χ0n) is 25.3. The molecule has 7 aromatic rings. The lowest BCUT2D eigenvalue weighted by Crippen LogP contribution is -2.14. The van der Waals surface area contributed by atoms with Gasteiger partial charge in [0.2, 0.25) is 0 Å². The Bertz CT molecular complexity index is 2110. The minimum absolute atomic E-state index is 0.0622. The van der Waals surface area contributed by atoms with E-state index in [1.54, 1.807) is 0 Å². The Hall–Kier alpha value is -5.67. The monoisotopic (exact) mass is 577 g/mol. The summed E-state index contributed by atoms with van der Waals surface area (Å²) in [5.74, 6) is 0.715. The summed E-state index contributed by atoms with van der Waals surface area (Å²) in [5.41, 5.74) is 14.5. The molecule has 0 atom stereocenters. The van der Waals surface area contributed by atoms with Gasteiger partial charge in [0, 0.05) is 39.4 Å². The van der Waals surface area contributed by atoms with Crippen LogP contribution in [0.1, 0.15) is 25.0 Å². The van der Waals surface area contributed by atoms with Crippen molar-refractivity contribution in [2.24, 2.45) is 0 Å². The average molecular weight is 578 g/mol. The maximum atomic E-state index is 5.01. The summed E-state index contributed by atoms with van der Waals surface area (Å²) in [5, 5.41) is 0. The second-order valence-corrected chi connectivity index (χ2v) is 12.1. The molecule has 2 heterocycles. The van der Waals surface area contributed by atoms with Crippen LogP contribution in [-0.2, 0) is 5.41 Å². The Labute approximate surface area is 264 Å². The third-order valence-electron chi connectivity index (χ3n) is 8.98. The molecule has 5 aromatic carbocycles. The highest BCUT2D eigenvalue weighted by Gasteiger charge is 2.35. The summed E-state index contributed by atoms with van der Waals surface area (Å²) in [7, 11) is 0. The lowest BCUT2D eigenvalue weighted by atomic mass is 9.81. The first-order valence-corrected chi connectivity index (χ1v) is 15.4. The van der Waals surface area contributed by atoms with E-state index < -0.39 is 0 Å². The van der Waals surface area contributed by atoms with Crippen LogP contribution in [0.15, 0.2) is 152 Å². The molecular weight excluding hydrogens is 546 g/mol. The lowest BCUT2D eigenvalue weighted by Gasteiger charge is -2.22. The number of aromatic nitrogens is 3. The van der Waals surface area contributed by atoms with Crippen molar-refractivity contribution in [3.63, 3.8) is 0 Å². The van der Waals surface area contributed by atoms with Gasteiger partial charge in [0.1, 0.15) is 0 Å². The highest BCUT2D eigenvalue weighted by atomic mass is 14.9. The standard InChI is InChI=1S/C42H31N3/c1-42(2)36-18-10-9-16-34(36)35-24-23-32(26-37(35)42)40-33(17-11-25-43-40)28-19-21-30(22-20-28)39-27-38(29-12-5-3-6-13-29)44-41(45-39)31-14-7-4-8-15-31/h3-27H,1-2H3. The molecule has 0 N–H and O–H groups in total. The van der Waals surface area contributed by atoms with E-state index in [1.165, 1.54) is 22.3 Å². The molecular formula is C42H31N3. The van der Waals surface area contributed by atoms with Crippen LogP contribution in [0.4, 0.5) is 0 Å². The van der Waals surface area contributed by atoms with Crippen LogP contribution in [0.5, 0.6) is 0 Å². The van der Waals surface area contributed by atoms with Gasteiger partial charge in [-0.25, -0.2) is 9.97 Å². The molecule has 0 spiro atoms. The number of fused-ring (bicyclic) bond motifs is 3. The van der Waals surface area contributed by atoms with Crippen LogP contribution in [-0.4, -0.2) is 15.0 Å². The van der Waals surface area contributed by atoms with Crippen LogP contribution < -0.4 is 0 Å². The number of pyridine rings is 1. The highest BCUT2D eigenvalue weighted by Crippen LogP contribution is 2.49. The van der Waals surface area contributed by atoms with Crippen LogP contribution in [0, 0.1) is 0 Å². The molecule has 0 saturated carbocycles. The van der Waals surface area contributed by atoms with Gasteiger partial charge in [0.05, 0.1) is 17.1 Å². The van der Waals surface area contributed by atoms with Gasteiger partial charge in [0.25, 0.3) is 0 Å². The van der Waals surface area contributed by atoms with Crippen molar-refractivity contribution in [3.8, 4) is 67.4 Å². The number of rotatable bonds is 5. The van der Waals surface area contributed by atoms with Gasteiger partial charge in [-0.1, -0.05) is 141 Å². The molecule has 0 unspecified atom stereocenters. The Kier molecular flexibility index (Phi) is 6.46. The molecule has 0 saturated heterocycles. The van der Waals surface area contributed by atoms with E-state index in [1.807, 2.05) is 48.7 Å². The predicted octanol–water partition coefficient (Wildman–Crippen LogP) is 10.5. The van der Waals surface area contributed by atoms with Gasteiger partial charge in [-0.3, -0.25) is 4.98 Å². The van der Waals surface area contributed by atoms with Crippen molar-refractivity contribution in [2.75, 3.05) is 0 Å². The highest BCUT2D eigenvalue weighted by molar-refractivity contribution is 5.87. The molecule has 0 bridgehead atoms. The van der Waals surface area contributed by atoms with Gasteiger partial charge in [-0.05, 0) is 46.0 Å². The molecule has 0 amide bonds. The van der Waals surface area contributed by atoms with Gasteiger partial charge in [-0.2, -0.15) is 0 Å². The zero-order valence-corrected chi connectivity index (χ0v) is 25.3. The van der Waals surface area contributed by atoms with Gasteiger partial charge in [-0.15, -0.1) is 0 Å². The average Bonchev–Trinajstić information content (AvgIpc) is 3.34. The molecule has 3 heteroatoms. The van der Waals surface area contributed by atoms with E-state index in [0.29, 0.717) is 5.82 Å². The van der Waals surface area contributed by atoms with Gasteiger partial charge in [0.15, 0.2) is 5.82 Å². The van der Waals surface area contributed by atoms with E-state index in [0.717, 1.165) is 50.5 Å². The third-order valence-corrected chi connectivity index (χ3v) is 8.98. The topological polar surface area (TPSA) is 38.7 Å². The van der Waals surface area contributed by atoms with Crippen molar-refractivity contribution in [1.29, 1.82) is 0 Å². The molecule has 8 rings (SSSR count). The molecule has 0 aliphatic heterocycles. The molecule has 214 valence electrons. The van der Waals surface area contributed by atoms with Crippen molar-refractivity contribution in [2.45, 2.75) is 19.3 Å². The molecule has 0 fully saturated rings. The van der Waals surface area contributed by atoms with Crippen LogP contribution in [0.2, 0.25) is 0 Å². The summed E-state index contributed by atoms with van der Waals surface area (Å²) < 4.78 is 0. The van der Waals surface area contributed by atoms with Crippen LogP contribution >= 0.6 is 0 Å². The second-order valence-electron chi connectivity index (χ2n) is 12.1. The van der Waals surface area contributed by atoms with E-state index in [-0.39, 0.29) is 5.41 Å². The molecule has 0 radical (unpaired) electrons. The first-order chi connectivity index (χ1) is 22.1. The number of nitrogens with zero attached hydrogens (tertiary/aromatic N) is 3. The van der Waals surface area contributed by atoms with E-state index >= 15 is 0 Å². The number of benzene rings is 5. The smallest absolute Gasteiger partial charge is 0.160 e. The molecule has 1 aliphatic carbocycles. The molecule has 3 nitrogen and oxygen atoms in total. The summed E-state index contributed by atoms with van der Waals surface area (Å²) in [6.45, 7) is 4.64. The maximum Gasteiger partial charge on any atom is 0.160 e. The fraction of sp³-hybridized carbons (Fsp3) is 0.0714. The first-order valence-electron chi connectivity index (χ1n) is 15.4. The van der Waals surface area contributed by atoms with E-state index in [2.05, 4.69) is 117 Å². The van der Waals surface area contributed by atoms with Crippen molar-refractivity contribution in [1.82, 2.24) is 15.0 Å². The maximum absolute atomic E-state index is 5.01. The van der Waals surface area contributed by atoms with E-state index in [9.17, 15) is 0 Å². The molecule has 1 aliphatic rings. The summed E-state index contributed by atoms with van der Waals surface area (Å²) in [6.07, 6.45) is 1.89. The number of hydrogen-bond acceptors (Lipinski definition) is 3. The zero-order chi connectivity index (χ0) is 30.4. The van der Waals surface area contributed by atoms with E-state index in [4.69, 9.17) is 15.0 Å². The summed E-state index contributed by atoms with van der Waals surface area (Å²) in [4.78, 5) is 14.8. The fourth-order valence-corrected chi connectivity index (χ4v) is 6.61. The second kappa shape index (κ2) is 10.8. The van der Waals surface area contributed by atoms with Gasteiger partial charge >= 0.3 is 0 Å².